The lowest BCUT2D eigenvalue weighted by Crippen LogP contribution is -2.25. The number of aromatic nitrogens is 2. The molecule has 0 radical (unpaired) electrons. The third-order valence-corrected chi connectivity index (χ3v) is 2.67. The Morgan fingerprint density at radius 3 is 3.11 bits per heavy atom. The zero-order valence-corrected chi connectivity index (χ0v) is 10.3. The van der Waals surface area contributed by atoms with Gasteiger partial charge in [-0.1, -0.05) is 0 Å². The van der Waals surface area contributed by atoms with Crippen LogP contribution in [0.15, 0.2) is 17.1 Å². The summed E-state index contributed by atoms with van der Waals surface area (Å²) in [6.45, 7) is 2.32. The molecule has 2 rings (SSSR count). The zero-order valence-electron chi connectivity index (χ0n) is 10.3. The summed E-state index contributed by atoms with van der Waals surface area (Å²) in [5.41, 5.74) is 0.610. The van der Waals surface area contributed by atoms with Crippen LogP contribution >= 0.6 is 0 Å². The van der Waals surface area contributed by atoms with Crippen LogP contribution in [0.3, 0.4) is 0 Å². The van der Waals surface area contributed by atoms with Crippen LogP contribution in [0, 0.1) is 11.3 Å². The SMILES string of the molecule is CC(C#N)OCCn1ncc(NC2CC2)cc1=O. The van der Waals surface area contributed by atoms with E-state index in [2.05, 4.69) is 10.4 Å². The van der Waals surface area contributed by atoms with Crippen molar-refractivity contribution in [3.63, 3.8) is 0 Å². The molecule has 0 saturated heterocycles. The second-order valence-corrected chi connectivity index (χ2v) is 4.37. The van der Waals surface area contributed by atoms with Crippen molar-refractivity contribution in [3.8, 4) is 6.07 Å². The average Bonchev–Trinajstić information content (AvgIpc) is 3.15. The van der Waals surface area contributed by atoms with Crippen molar-refractivity contribution >= 4 is 5.69 Å². The minimum Gasteiger partial charge on any atom is -0.381 e. The molecule has 6 heteroatoms. The lowest BCUT2D eigenvalue weighted by molar-refractivity contribution is 0.0922. The number of nitrogens with one attached hydrogen (secondary N) is 1. The maximum absolute atomic E-state index is 11.7. The second-order valence-electron chi connectivity index (χ2n) is 4.37. The maximum atomic E-state index is 11.7. The normalized spacial score (nSPS) is 16.0. The third-order valence-electron chi connectivity index (χ3n) is 2.67. The molecule has 0 bridgehead atoms. The van der Waals surface area contributed by atoms with Crippen molar-refractivity contribution in [3.05, 3.63) is 22.6 Å². The van der Waals surface area contributed by atoms with Crippen LogP contribution < -0.4 is 10.9 Å². The van der Waals surface area contributed by atoms with E-state index in [0.717, 1.165) is 18.5 Å². The van der Waals surface area contributed by atoms with Crippen LogP contribution in [-0.4, -0.2) is 28.5 Å². The van der Waals surface area contributed by atoms with E-state index in [1.807, 2.05) is 6.07 Å². The van der Waals surface area contributed by atoms with Crippen LogP contribution in [-0.2, 0) is 11.3 Å². The Kier molecular flexibility index (Phi) is 3.95. The summed E-state index contributed by atoms with van der Waals surface area (Å²) >= 11 is 0. The number of rotatable bonds is 6. The molecule has 1 unspecified atom stereocenters. The summed E-state index contributed by atoms with van der Waals surface area (Å²) < 4.78 is 6.51. The topological polar surface area (TPSA) is 79.9 Å². The number of anilines is 1. The Hall–Kier alpha value is -1.87. The molecule has 1 aromatic heterocycles. The van der Waals surface area contributed by atoms with Gasteiger partial charge in [0.2, 0.25) is 0 Å². The highest BCUT2D eigenvalue weighted by Gasteiger charge is 2.20. The predicted molar refractivity (Wildman–Crippen MR) is 66.2 cm³/mol. The first-order valence-corrected chi connectivity index (χ1v) is 6.04. The number of nitriles is 1. The monoisotopic (exact) mass is 248 g/mol. The van der Waals surface area contributed by atoms with E-state index in [9.17, 15) is 4.79 Å². The molecule has 0 spiro atoms. The van der Waals surface area contributed by atoms with Gasteiger partial charge in [0.15, 0.2) is 0 Å². The summed E-state index contributed by atoms with van der Waals surface area (Å²) in [5, 5.41) is 15.8. The fraction of sp³-hybridized carbons (Fsp3) is 0.583. The Bertz CT molecular complexity index is 502. The molecule has 0 amide bonds. The molecule has 1 aliphatic carbocycles. The first-order valence-electron chi connectivity index (χ1n) is 6.04. The predicted octanol–water partition coefficient (Wildman–Crippen LogP) is 0.746. The van der Waals surface area contributed by atoms with Crippen molar-refractivity contribution in [2.24, 2.45) is 0 Å². The zero-order chi connectivity index (χ0) is 13.0. The lowest BCUT2D eigenvalue weighted by Gasteiger charge is -2.08. The molecule has 1 saturated carbocycles. The van der Waals surface area contributed by atoms with Gasteiger partial charge in [-0.3, -0.25) is 4.79 Å². The van der Waals surface area contributed by atoms with Gasteiger partial charge in [0, 0.05) is 12.1 Å². The molecule has 1 fully saturated rings. The van der Waals surface area contributed by atoms with Gasteiger partial charge in [-0.05, 0) is 19.8 Å². The molecule has 1 aliphatic rings. The number of hydrogen-bond donors (Lipinski definition) is 1. The molecule has 6 nitrogen and oxygen atoms in total. The van der Waals surface area contributed by atoms with Gasteiger partial charge >= 0.3 is 0 Å². The summed E-state index contributed by atoms with van der Waals surface area (Å²) in [7, 11) is 0. The molecule has 0 aromatic carbocycles. The third kappa shape index (κ3) is 3.57. The van der Waals surface area contributed by atoms with Crippen LogP contribution in [0.25, 0.3) is 0 Å². The summed E-state index contributed by atoms with van der Waals surface area (Å²) in [6.07, 6.45) is 3.50. The van der Waals surface area contributed by atoms with Crippen molar-refractivity contribution in [2.75, 3.05) is 11.9 Å². The van der Waals surface area contributed by atoms with Crippen molar-refractivity contribution in [1.82, 2.24) is 9.78 Å². The van der Waals surface area contributed by atoms with Gasteiger partial charge in [-0.25, -0.2) is 4.68 Å². The van der Waals surface area contributed by atoms with E-state index in [0.29, 0.717) is 19.2 Å². The van der Waals surface area contributed by atoms with E-state index in [4.69, 9.17) is 10.00 Å². The highest BCUT2D eigenvalue weighted by atomic mass is 16.5. The Balaban J connectivity index is 1.88. The second kappa shape index (κ2) is 5.65. The number of ether oxygens (including phenoxy) is 1. The molecular weight excluding hydrogens is 232 g/mol. The van der Waals surface area contributed by atoms with Crippen LogP contribution in [0.1, 0.15) is 19.8 Å². The number of hydrogen-bond acceptors (Lipinski definition) is 5. The lowest BCUT2D eigenvalue weighted by atomic mass is 10.4. The average molecular weight is 248 g/mol. The molecule has 1 atom stereocenters. The first kappa shape index (κ1) is 12.6. The van der Waals surface area contributed by atoms with Gasteiger partial charge in [-0.15, -0.1) is 0 Å². The van der Waals surface area contributed by atoms with Crippen LogP contribution in [0.2, 0.25) is 0 Å². The van der Waals surface area contributed by atoms with Crippen LogP contribution in [0.4, 0.5) is 5.69 Å². The van der Waals surface area contributed by atoms with Gasteiger partial charge in [0.25, 0.3) is 5.56 Å². The summed E-state index contributed by atoms with van der Waals surface area (Å²) in [5.74, 6) is 0. The summed E-state index contributed by atoms with van der Waals surface area (Å²) in [4.78, 5) is 11.7. The van der Waals surface area contributed by atoms with E-state index < -0.39 is 6.10 Å². The highest BCUT2D eigenvalue weighted by molar-refractivity contribution is 5.41. The van der Waals surface area contributed by atoms with Gasteiger partial charge in [0.1, 0.15) is 6.10 Å². The Labute approximate surface area is 105 Å². The summed E-state index contributed by atoms with van der Waals surface area (Å²) in [6, 6.07) is 4.01. The minimum atomic E-state index is -0.462. The van der Waals surface area contributed by atoms with Gasteiger partial charge < -0.3 is 10.1 Å². The van der Waals surface area contributed by atoms with Crippen molar-refractivity contribution in [2.45, 2.75) is 38.5 Å². The number of nitrogens with zero attached hydrogens (tertiary/aromatic N) is 3. The van der Waals surface area contributed by atoms with E-state index in [1.54, 1.807) is 19.2 Å². The van der Waals surface area contributed by atoms with Crippen molar-refractivity contribution in [1.29, 1.82) is 5.26 Å². The molecule has 1 N–H and O–H groups in total. The van der Waals surface area contributed by atoms with Crippen molar-refractivity contribution < 1.29 is 4.74 Å². The molecule has 1 aromatic rings. The van der Waals surface area contributed by atoms with Gasteiger partial charge in [0.05, 0.1) is 31.1 Å². The Morgan fingerprint density at radius 1 is 1.72 bits per heavy atom. The van der Waals surface area contributed by atoms with E-state index in [1.165, 1.54) is 4.68 Å². The fourth-order valence-electron chi connectivity index (χ4n) is 1.50. The standard InChI is InChI=1S/C12H16N4O2/c1-9(7-13)18-5-4-16-12(17)6-11(8-14-16)15-10-2-3-10/h6,8-10,15H,2-5H2,1H3. The molecular formula is C12H16N4O2. The Morgan fingerprint density at radius 2 is 2.50 bits per heavy atom. The molecule has 96 valence electrons. The minimum absolute atomic E-state index is 0.158. The van der Waals surface area contributed by atoms with Gasteiger partial charge in [-0.2, -0.15) is 10.4 Å². The first-order chi connectivity index (χ1) is 8.69. The highest BCUT2D eigenvalue weighted by Crippen LogP contribution is 2.23. The van der Waals surface area contributed by atoms with E-state index >= 15 is 0 Å². The van der Waals surface area contributed by atoms with Crippen LogP contribution in [0.5, 0.6) is 0 Å². The molecule has 1 heterocycles. The molecule has 18 heavy (non-hydrogen) atoms. The largest absolute Gasteiger partial charge is 0.381 e. The maximum Gasteiger partial charge on any atom is 0.268 e. The fourth-order valence-corrected chi connectivity index (χ4v) is 1.50. The smallest absolute Gasteiger partial charge is 0.268 e. The van der Waals surface area contributed by atoms with E-state index in [-0.39, 0.29) is 5.56 Å². The quantitative estimate of drug-likeness (QED) is 0.803. The molecule has 0 aliphatic heterocycles.